The van der Waals surface area contributed by atoms with E-state index in [1.165, 1.54) is 13.5 Å². The van der Waals surface area contributed by atoms with E-state index in [-0.39, 0.29) is 29.4 Å². The van der Waals surface area contributed by atoms with Crippen molar-refractivity contribution in [3.63, 3.8) is 0 Å². The second-order valence-corrected chi connectivity index (χ2v) is 8.64. The monoisotopic (exact) mass is 344 g/mol. The molecule has 25 heavy (non-hydrogen) atoms. The molecule has 1 saturated carbocycles. The molecule has 4 heteroatoms. The quantitative estimate of drug-likeness (QED) is 0.758. The molecule has 2 aliphatic rings. The van der Waals surface area contributed by atoms with Crippen LogP contribution in [0.5, 0.6) is 0 Å². The van der Waals surface area contributed by atoms with E-state index in [2.05, 4.69) is 26.8 Å². The van der Waals surface area contributed by atoms with Gasteiger partial charge in [0.2, 0.25) is 0 Å². The van der Waals surface area contributed by atoms with E-state index in [0.717, 1.165) is 36.0 Å². The first-order valence-corrected chi connectivity index (χ1v) is 9.10. The van der Waals surface area contributed by atoms with Gasteiger partial charge in [-0.2, -0.15) is 0 Å². The Hall–Kier alpha value is -1.84. The molecular formula is C21H28O4. The van der Waals surface area contributed by atoms with Crippen molar-refractivity contribution in [2.75, 3.05) is 7.11 Å². The van der Waals surface area contributed by atoms with Gasteiger partial charge < -0.3 is 9.47 Å². The predicted octanol–water partition coefficient (Wildman–Crippen LogP) is 4.49. The van der Waals surface area contributed by atoms with E-state index >= 15 is 0 Å². The van der Waals surface area contributed by atoms with E-state index in [1.807, 2.05) is 13.0 Å². The second-order valence-electron chi connectivity index (χ2n) is 8.64. The van der Waals surface area contributed by atoms with Crippen molar-refractivity contribution in [3.05, 3.63) is 34.4 Å². The van der Waals surface area contributed by atoms with Gasteiger partial charge in [0.05, 0.1) is 18.6 Å². The topological polar surface area (TPSA) is 52.6 Å². The van der Waals surface area contributed by atoms with Crippen molar-refractivity contribution < 1.29 is 19.1 Å². The number of methoxy groups -OCH3 is 1. The Bertz CT molecular complexity index is 719. The van der Waals surface area contributed by atoms with Crippen LogP contribution in [0.3, 0.4) is 0 Å². The van der Waals surface area contributed by atoms with Crippen molar-refractivity contribution in [1.29, 1.82) is 0 Å². The van der Waals surface area contributed by atoms with Crippen LogP contribution >= 0.6 is 0 Å². The van der Waals surface area contributed by atoms with Crippen molar-refractivity contribution in [3.8, 4) is 0 Å². The van der Waals surface area contributed by atoms with Crippen LogP contribution < -0.4 is 0 Å². The molecule has 136 valence electrons. The highest BCUT2D eigenvalue weighted by Gasteiger charge is 2.42. The standard InChI is InChI=1S/C21H28O4/c1-13(18(22)24-5)16-15(8-7-14-11-25-19(23)17(14)16)21(4)10-6-9-20(2,3)12-21/h7-8,13H,6,9-12H2,1-5H3. The van der Waals surface area contributed by atoms with Gasteiger partial charge >= 0.3 is 11.9 Å². The maximum atomic E-state index is 12.4. The number of rotatable bonds is 3. The maximum absolute atomic E-state index is 12.4. The van der Waals surface area contributed by atoms with Crippen LogP contribution in [0.25, 0.3) is 0 Å². The minimum atomic E-state index is -0.484. The third-order valence-electron chi connectivity index (χ3n) is 5.98. The van der Waals surface area contributed by atoms with E-state index in [0.29, 0.717) is 5.56 Å². The average Bonchev–Trinajstić information content (AvgIpc) is 2.93. The van der Waals surface area contributed by atoms with Gasteiger partial charge in [0, 0.05) is 5.56 Å². The first-order valence-electron chi connectivity index (χ1n) is 9.10. The summed E-state index contributed by atoms with van der Waals surface area (Å²) < 4.78 is 10.2. The number of carbonyl (C=O) groups is 2. The molecule has 0 spiro atoms. The van der Waals surface area contributed by atoms with Crippen molar-refractivity contribution >= 4 is 11.9 Å². The first kappa shape index (κ1) is 18.0. The van der Waals surface area contributed by atoms with Gasteiger partial charge in [0.15, 0.2) is 0 Å². The molecule has 1 aromatic rings. The van der Waals surface area contributed by atoms with Gasteiger partial charge in [0.1, 0.15) is 6.61 Å². The molecule has 2 atom stereocenters. The molecule has 0 saturated heterocycles. The summed E-state index contributed by atoms with van der Waals surface area (Å²) in [5.74, 6) is -1.11. The molecule has 1 aliphatic heterocycles. The van der Waals surface area contributed by atoms with Crippen molar-refractivity contribution in [1.82, 2.24) is 0 Å². The highest BCUT2D eigenvalue weighted by Crippen LogP contribution is 2.50. The van der Waals surface area contributed by atoms with Crippen LogP contribution in [0.15, 0.2) is 12.1 Å². The number of esters is 2. The van der Waals surface area contributed by atoms with Gasteiger partial charge in [-0.25, -0.2) is 4.79 Å². The minimum absolute atomic E-state index is 0.0583. The number of hydrogen-bond acceptors (Lipinski definition) is 4. The zero-order valence-electron chi connectivity index (χ0n) is 15.9. The van der Waals surface area contributed by atoms with Gasteiger partial charge in [-0.1, -0.05) is 39.3 Å². The van der Waals surface area contributed by atoms with Crippen LogP contribution in [-0.4, -0.2) is 19.0 Å². The predicted molar refractivity (Wildman–Crippen MR) is 95.6 cm³/mol. The van der Waals surface area contributed by atoms with E-state index in [1.54, 1.807) is 0 Å². The molecule has 1 fully saturated rings. The van der Waals surface area contributed by atoms with Crippen LogP contribution in [0.1, 0.15) is 86.3 Å². The summed E-state index contributed by atoms with van der Waals surface area (Å²) in [5, 5.41) is 0. The smallest absolute Gasteiger partial charge is 0.339 e. The lowest BCUT2D eigenvalue weighted by Gasteiger charge is -2.44. The largest absolute Gasteiger partial charge is 0.469 e. The Balaban J connectivity index is 2.19. The fourth-order valence-electron chi connectivity index (χ4n) is 4.93. The Morgan fingerprint density at radius 1 is 1.24 bits per heavy atom. The number of ether oxygens (including phenoxy) is 2. The Kier molecular flexibility index (Phi) is 4.42. The van der Waals surface area contributed by atoms with Gasteiger partial charge in [0.25, 0.3) is 0 Å². The molecule has 1 heterocycles. The summed E-state index contributed by atoms with van der Waals surface area (Å²) in [4.78, 5) is 24.7. The average molecular weight is 344 g/mol. The highest BCUT2D eigenvalue weighted by atomic mass is 16.5. The molecule has 0 aromatic heterocycles. The molecule has 0 radical (unpaired) electrons. The van der Waals surface area contributed by atoms with E-state index in [9.17, 15) is 9.59 Å². The van der Waals surface area contributed by atoms with Crippen LogP contribution in [0, 0.1) is 5.41 Å². The fraction of sp³-hybridized carbons (Fsp3) is 0.619. The van der Waals surface area contributed by atoms with Crippen molar-refractivity contribution in [2.24, 2.45) is 5.41 Å². The van der Waals surface area contributed by atoms with Crippen LogP contribution in [-0.2, 0) is 26.3 Å². The number of benzene rings is 1. The number of cyclic esters (lactones) is 1. The summed E-state index contributed by atoms with van der Waals surface area (Å²) in [6.45, 7) is 8.99. The lowest BCUT2D eigenvalue weighted by atomic mass is 9.60. The molecule has 3 rings (SSSR count). The maximum Gasteiger partial charge on any atom is 0.339 e. The van der Waals surface area contributed by atoms with Gasteiger partial charge in [-0.3, -0.25) is 4.79 Å². The molecular weight excluding hydrogens is 316 g/mol. The zero-order chi connectivity index (χ0) is 18.4. The van der Waals surface area contributed by atoms with Gasteiger partial charge in [-0.05, 0) is 48.1 Å². The third kappa shape index (κ3) is 3.07. The highest BCUT2D eigenvalue weighted by molar-refractivity contribution is 5.97. The fourth-order valence-corrected chi connectivity index (χ4v) is 4.93. The summed E-state index contributed by atoms with van der Waals surface area (Å²) in [6.07, 6.45) is 4.45. The zero-order valence-corrected chi connectivity index (χ0v) is 15.9. The minimum Gasteiger partial charge on any atom is -0.469 e. The number of hydrogen-bond donors (Lipinski definition) is 0. The Labute approximate surface area is 149 Å². The Morgan fingerprint density at radius 3 is 2.60 bits per heavy atom. The van der Waals surface area contributed by atoms with Crippen LogP contribution in [0.2, 0.25) is 0 Å². The number of fused-ring (bicyclic) bond motifs is 1. The SMILES string of the molecule is COC(=O)C(C)c1c(C2(C)CCCC(C)(C)C2)ccc2c1C(=O)OC2. The molecule has 0 N–H and O–H groups in total. The molecule has 1 aromatic carbocycles. The molecule has 2 unspecified atom stereocenters. The molecule has 0 amide bonds. The summed E-state index contributed by atoms with van der Waals surface area (Å²) in [7, 11) is 1.39. The van der Waals surface area contributed by atoms with E-state index in [4.69, 9.17) is 9.47 Å². The number of carbonyl (C=O) groups excluding carboxylic acids is 2. The second kappa shape index (κ2) is 6.15. The van der Waals surface area contributed by atoms with Crippen LogP contribution in [0.4, 0.5) is 0 Å². The first-order chi connectivity index (χ1) is 11.7. The lowest BCUT2D eigenvalue weighted by Crippen LogP contribution is -2.36. The lowest BCUT2D eigenvalue weighted by molar-refractivity contribution is -0.142. The third-order valence-corrected chi connectivity index (χ3v) is 5.98. The van der Waals surface area contributed by atoms with Gasteiger partial charge in [-0.15, -0.1) is 0 Å². The molecule has 1 aliphatic carbocycles. The Morgan fingerprint density at radius 2 is 1.96 bits per heavy atom. The normalized spacial score (nSPS) is 25.9. The van der Waals surface area contributed by atoms with E-state index < -0.39 is 5.92 Å². The summed E-state index contributed by atoms with van der Waals surface area (Å²) in [6, 6.07) is 4.10. The summed E-state index contributed by atoms with van der Waals surface area (Å²) in [5.41, 5.74) is 3.57. The summed E-state index contributed by atoms with van der Waals surface area (Å²) >= 11 is 0. The molecule has 0 bridgehead atoms. The van der Waals surface area contributed by atoms with Crippen molar-refractivity contribution in [2.45, 2.75) is 71.3 Å². The molecule has 4 nitrogen and oxygen atoms in total.